The fraction of sp³-hybridized carbons (Fsp3) is 0.880. The Kier molecular flexibility index (Phi) is 5.97. The molecule has 2 heterocycles. The minimum atomic E-state index is -0.598. The van der Waals surface area contributed by atoms with Crippen molar-refractivity contribution in [2.75, 3.05) is 26.2 Å². The molecular weight excluding hydrogens is 410 g/mol. The van der Waals surface area contributed by atoms with Crippen molar-refractivity contribution in [3.63, 3.8) is 0 Å². The van der Waals surface area contributed by atoms with Crippen molar-refractivity contribution in [3.05, 3.63) is 0 Å². The summed E-state index contributed by atoms with van der Waals surface area (Å²) in [7, 11) is 0. The summed E-state index contributed by atoms with van der Waals surface area (Å²) in [5, 5.41) is 0. The summed E-state index contributed by atoms with van der Waals surface area (Å²) in [4.78, 5) is 41.3. The van der Waals surface area contributed by atoms with Gasteiger partial charge in [-0.3, -0.25) is 19.3 Å². The van der Waals surface area contributed by atoms with E-state index >= 15 is 0 Å². The summed E-state index contributed by atoms with van der Waals surface area (Å²) in [6, 6.07) is 0. The molecule has 32 heavy (non-hydrogen) atoms. The fourth-order valence-electron chi connectivity index (χ4n) is 7.40. The highest BCUT2D eigenvalue weighted by Gasteiger charge is 2.69. The number of likely N-dealkylation sites (tertiary alicyclic amines) is 1. The lowest BCUT2D eigenvalue weighted by Crippen LogP contribution is -2.50. The molecule has 0 aromatic rings. The number of fused-ring (bicyclic) bond motifs is 3. The number of esters is 3. The van der Waals surface area contributed by atoms with Gasteiger partial charge >= 0.3 is 17.9 Å². The molecule has 2 saturated heterocycles. The van der Waals surface area contributed by atoms with E-state index < -0.39 is 23.0 Å². The van der Waals surface area contributed by atoms with Crippen LogP contribution < -0.4 is 0 Å². The van der Waals surface area contributed by atoms with Crippen LogP contribution >= 0.6 is 0 Å². The summed E-state index contributed by atoms with van der Waals surface area (Å²) in [5.74, 6) is -1.39. The predicted octanol–water partition coefficient (Wildman–Crippen LogP) is 3.24. The quantitative estimate of drug-likeness (QED) is 0.457. The van der Waals surface area contributed by atoms with Gasteiger partial charge in [0.05, 0.1) is 24.5 Å². The van der Waals surface area contributed by atoms with E-state index in [4.69, 9.17) is 14.2 Å². The summed E-state index contributed by atoms with van der Waals surface area (Å²) in [6.45, 7) is 4.62. The van der Waals surface area contributed by atoms with Crippen molar-refractivity contribution in [2.45, 2.75) is 89.3 Å². The standard InChI is InChI=1S/C25H37NO6/c1-2-24(8-4-5-9-24)32-22(28)20-18-14-17(15-25(18)10-13-30-23(25)29)21(20)31-19(27)16-26-11-6-3-7-12-26/h17-18,20-21H,2-16H2,1H3. The molecule has 1 spiro atoms. The summed E-state index contributed by atoms with van der Waals surface area (Å²) >= 11 is 0. The molecule has 5 aliphatic rings. The number of rotatable bonds is 6. The minimum Gasteiger partial charge on any atom is -0.465 e. The molecule has 0 aromatic heterocycles. The summed E-state index contributed by atoms with van der Waals surface area (Å²) < 4.78 is 17.6. The van der Waals surface area contributed by atoms with Crippen molar-refractivity contribution in [3.8, 4) is 0 Å². The van der Waals surface area contributed by atoms with Gasteiger partial charge in [0.1, 0.15) is 11.7 Å². The minimum absolute atomic E-state index is 0.0228. The second-order valence-electron chi connectivity index (χ2n) is 10.8. The van der Waals surface area contributed by atoms with E-state index in [9.17, 15) is 14.4 Å². The molecule has 7 heteroatoms. The Morgan fingerprint density at radius 1 is 1.09 bits per heavy atom. The zero-order chi connectivity index (χ0) is 22.3. The van der Waals surface area contributed by atoms with E-state index in [0.29, 0.717) is 19.4 Å². The van der Waals surface area contributed by atoms with Crippen LogP contribution in [-0.4, -0.2) is 60.8 Å². The molecule has 0 aromatic carbocycles. The van der Waals surface area contributed by atoms with Gasteiger partial charge in [0, 0.05) is 0 Å². The molecule has 5 atom stereocenters. The first-order valence-corrected chi connectivity index (χ1v) is 12.8. The average molecular weight is 448 g/mol. The molecule has 5 rings (SSSR count). The summed E-state index contributed by atoms with van der Waals surface area (Å²) in [5.41, 5.74) is -0.996. The maximum absolute atomic E-state index is 13.6. The van der Waals surface area contributed by atoms with Gasteiger partial charge in [0.25, 0.3) is 0 Å². The number of piperidine rings is 1. The molecule has 5 fully saturated rings. The van der Waals surface area contributed by atoms with Crippen LogP contribution in [0.4, 0.5) is 0 Å². The molecule has 2 bridgehead atoms. The van der Waals surface area contributed by atoms with Gasteiger partial charge in [-0.25, -0.2) is 0 Å². The molecule has 0 N–H and O–H groups in total. The average Bonchev–Trinajstić information content (AvgIpc) is 3.55. The number of ether oxygens (including phenoxy) is 3. The second kappa shape index (κ2) is 8.62. The molecule has 5 unspecified atom stereocenters. The Morgan fingerprint density at radius 2 is 1.84 bits per heavy atom. The SMILES string of the molecule is CCC1(OC(=O)C2C(OC(=O)CN3CCCCC3)C3CC2C2(CCOC2=O)C3)CCCC1. The van der Waals surface area contributed by atoms with E-state index in [1.54, 1.807) is 0 Å². The topological polar surface area (TPSA) is 82.1 Å². The van der Waals surface area contributed by atoms with Crippen molar-refractivity contribution in [1.82, 2.24) is 4.90 Å². The first-order valence-electron chi connectivity index (χ1n) is 12.8. The van der Waals surface area contributed by atoms with E-state index in [1.807, 2.05) is 0 Å². The number of carbonyl (C=O) groups excluding carboxylic acids is 3. The van der Waals surface area contributed by atoms with Gasteiger partial charge in [0.15, 0.2) is 0 Å². The van der Waals surface area contributed by atoms with Gasteiger partial charge in [-0.2, -0.15) is 0 Å². The number of hydrogen-bond acceptors (Lipinski definition) is 7. The fourth-order valence-corrected chi connectivity index (χ4v) is 7.40. The highest BCUT2D eigenvalue weighted by Crippen LogP contribution is 2.63. The lowest BCUT2D eigenvalue weighted by molar-refractivity contribution is -0.182. The molecule has 3 aliphatic carbocycles. The van der Waals surface area contributed by atoms with Gasteiger partial charge in [-0.15, -0.1) is 0 Å². The maximum Gasteiger partial charge on any atom is 0.320 e. The van der Waals surface area contributed by atoms with E-state index in [0.717, 1.165) is 64.5 Å². The first kappa shape index (κ1) is 22.2. The third-order valence-corrected chi connectivity index (χ3v) is 9.15. The monoisotopic (exact) mass is 447 g/mol. The largest absolute Gasteiger partial charge is 0.465 e. The highest BCUT2D eigenvalue weighted by molar-refractivity contribution is 5.83. The molecule has 3 saturated carbocycles. The normalized spacial score (nSPS) is 38.2. The van der Waals surface area contributed by atoms with Gasteiger partial charge in [0.2, 0.25) is 0 Å². The van der Waals surface area contributed by atoms with Crippen molar-refractivity contribution in [1.29, 1.82) is 0 Å². The smallest absolute Gasteiger partial charge is 0.320 e. The van der Waals surface area contributed by atoms with Crippen LogP contribution in [0.25, 0.3) is 0 Å². The summed E-state index contributed by atoms with van der Waals surface area (Å²) in [6.07, 6.45) is 9.71. The van der Waals surface area contributed by atoms with Crippen LogP contribution in [0.2, 0.25) is 0 Å². The Labute approximate surface area is 190 Å². The number of nitrogens with zero attached hydrogens (tertiary/aromatic N) is 1. The van der Waals surface area contributed by atoms with Crippen LogP contribution in [0.15, 0.2) is 0 Å². The Morgan fingerprint density at radius 3 is 2.50 bits per heavy atom. The van der Waals surface area contributed by atoms with Gasteiger partial charge in [-0.1, -0.05) is 13.3 Å². The molecule has 7 nitrogen and oxygen atoms in total. The van der Waals surface area contributed by atoms with Gasteiger partial charge < -0.3 is 14.2 Å². The maximum atomic E-state index is 13.6. The van der Waals surface area contributed by atoms with Gasteiger partial charge in [-0.05, 0) is 89.1 Å². The van der Waals surface area contributed by atoms with E-state index in [1.165, 1.54) is 6.42 Å². The highest BCUT2D eigenvalue weighted by atomic mass is 16.6. The zero-order valence-electron chi connectivity index (χ0n) is 19.3. The van der Waals surface area contributed by atoms with Crippen LogP contribution in [0.3, 0.4) is 0 Å². The Balaban J connectivity index is 1.34. The van der Waals surface area contributed by atoms with Crippen LogP contribution in [0.1, 0.15) is 77.6 Å². The molecule has 0 amide bonds. The lowest BCUT2D eigenvalue weighted by atomic mass is 9.66. The lowest BCUT2D eigenvalue weighted by Gasteiger charge is -2.40. The number of hydrogen-bond donors (Lipinski definition) is 0. The molecule has 178 valence electrons. The molecule has 2 aliphatic heterocycles. The third-order valence-electron chi connectivity index (χ3n) is 9.15. The van der Waals surface area contributed by atoms with Crippen molar-refractivity contribution in [2.24, 2.45) is 23.2 Å². The molecular formula is C25H37NO6. The van der Waals surface area contributed by atoms with Crippen LogP contribution in [-0.2, 0) is 28.6 Å². The molecule has 0 radical (unpaired) electrons. The number of carbonyl (C=O) groups is 3. The number of cyclic esters (lactones) is 1. The third kappa shape index (κ3) is 3.74. The van der Waals surface area contributed by atoms with Crippen LogP contribution in [0.5, 0.6) is 0 Å². The Hall–Kier alpha value is -1.63. The second-order valence-corrected chi connectivity index (χ2v) is 10.8. The van der Waals surface area contributed by atoms with Crippen LogP contribution in [0, 0.1) is 23.2 Å². The van der Waals surface area contributed by atoms with Crippen molar-refractivity contribution < 1.29 is 28.6 Å². The first-order chi connectivity index (χ1) is 15.5. The predicted molar refractivity (Wildman–Crippen MR) is 115 cm³/mol. The van der Waals surface area contributed by atoms with Crippen molar-refractivity contribution >= 4 is 17.9 Å². The van der Waals surface area contributed by atoms with E-state index in [-0.39, 0.29) is 36.3 Å². The zero-order valence-corrected chi connectivity index (χ0v) is 19.3. The Bertz CT molecular complexity index is 756. The van der Waals surface area contributed by atoms with E-state index in [2.05, 4.69) is 11.8 Å².